The second-order valence-corrected chi connectivity index (χ2v) is 7.52. The van der Waals surface area contributed by atoms with E-state index in [1.165, 1.54) is 0 Å². The van der Waals surface area contributed by atoms with Crippen molar-refractivity contribution in [1.29, 1.82) is 0 Å². The molecule has 0 bridgehead atoms. The highest BCUT2D eigenvalue weighted by atomic mass is 16.5. The highest BCUT2D eigenvalue weighted by molar-refractivity contribution is 6.00. The first-order chi connectivity index (χ1) is 13.5. The van der Waals surface area contributed by atoms with Gasteiger partial charge in [-0.25, -0.2) is 0 Å². The number of amides is 2. The molecule has 2 heterocycles. The predicted molar refractivity (Wildman–Crippen MR) is 101 cm³/mol. The van der Waals surface area contributed by atoms with Crippen molar-refractivity contribution in [3.63, 3.8) is 0 Å². The van der Waals surface area contributed by atoms with Crippen LogP contribution in [-0.4, -0.2) is 35.6 Å². The first kappa shape index (κ1) is 18.5. The summed E-state index contributed by atoms with van der Waals surface area (Å²) < 4.78 is 10.3. The van der Waals surface area contributed by atoms with Gasteiger partial charge in [0, 0.05) is 25.6 Å². The molecule has 8 heteroatoms. The maximum Gasteiger partial charge on any atom is 0.227 e. The third-order valence-electron chi connectivity index (χ3n) is 5.66. The van der Waals surface area contributed by atoms with Crippen molar-refractivity contribution in [2.45, 2.75) is 44.6 Å². The number of nitrogens with one attached hydrogen (secondary N) is 1. The van der Waals surface area contributed by atoms with E-state index in [1.807, 2.05) is 24.3 Å². The Kier molecular flexibility index (Phi) is 4.78. The summed E-state index contributed by atoms with van der Waals surface area (Å²) in [4.78, 5) is 31.5. The largest absolute Gasteiger partial charge is 0.497 e. The normalized spacial score (nSPS) is 21.1. The van der Waals surface area contributed by atoms with Gasteiger partial charge in [-0.15, -0.1) is 0 Å². The van der Waals surface area contributed by atoms with Crippen LogP contribution in [0.15, 0.2) is 28.8 Å². The average molecular weight is 384 g/mol. The van der Waals surface area contributed by atoms with Crippen LogP contribution in [0.2, 0.25) is 0 Å². The summed E-state index contributed by atoms with van der Waals surface area (Å²) >= 11 is 0. The van der Waals surface area contributed by atoms with Gasteiger partial charge in [0.2, 0.25) is 17.7 Å². The second-order valence-electron chi connectivity index (χ2n) is 7.52. The van der Waals surface area contributed by atoms with Crippen molar-refractivity contribution in [2.24, 2.45) is 5.92 Å². The van der Waals surface area contributed by atoms with E-state index in [9.17, 15) is 9.59 Å². The van der Waals surface area contributed by atoms with Crippen molar-refractivity contribution < 1.29 is 18.8 Å². The van der Waals surface area contributed by atoms with E-state index in [0.29, 0.717) is 18.3 Å². The fourth-order valence-electron chi connectivity index (χ4n) is 4.11. The number of methoxy groups -OCH3 is 1. The predicted octanol–water partition coefficient (Wildman–Crippen LogP) is 2.33. The third kappa shape index (κ3) is 3.34. The summed E-state index contributed by atoms with van der Waals surface area (Å²) in [5.74, 6) is 1.16. The molecule has 0 radical (unpaired) electrons. The zero-order valence-electron chi connectivity index (χ0n) is 16.1. The topological polar surface area (TPSA) is 97.6 Å². The van der Waals surface area contributed by atoms with Crippen molar-refractivity contribution in [3.05, 3.63) is 36.0 Å². The molecular weight excluding hydrogens is 360 g/mol. The standard InChI is InChI=1S/C20H24N4O4/c1-13-21-19(23-28-13)20(9-3-4-10-20)22-18(26)14-11-17(25)24(12-14)15-5-7-16(27-2)8-6-15/h5-8,14H,3-4,9-12H2,1-2H3,(H,22,26). The minimum absolute atomic E-state index is 0.0544. The molecule has 2 aliphatic rings. The van der Waals surface area contributed by atoms with Crippen LogP contribution in [0.4, 0.5) is 5.69 Å². The first-order valence-corrected chi connectivity index (χ1v) is 9.58. The molecule has 2 fully saturated rings. The van der Waals surface area contributed by atoms with Gasteiger partial charge >= 0.3 is 0 Å². The van der Waals surface area contributed by atoms with Crippen LogP contribution in [0, 0.1) is 12.8 Å². The Hall–Kier alpha value is -2.90. The lowest BCUT2D eigenvalue weighted by Gasteiger charge is -2.28. The maximum atomic E-state index is 13.0. The van der Waals surface area contributed by atoms with Gasteiger partial charge in [0.1, 0.15) is 11.3 Å². The Balaban J connectivity index is 1.48. The van der Waals surface area contributed by atoms with E-state index < -0.39 is 11.5 Å². The lowest BCUT2D eigenvalue weighted by molar-refractivity contribution is -0.128. The van der Waals surface area contributed by atoms with Crippen LogP contribution in [-0.2, 0) is 15.1 Å². The molecule has 1 unspecified atom stereocenters. The quantitative estimate of drug-likeness (QED) is 0.850. The van der Waals surface area contributed by atoms with Crippen molar-refractivity contribution in [1.82, 2.24) is 15.5 Å². The van der Waals surface area contributed by atoms with Crippen LogP contribution in [0.3, 0.4) is 0 Å². The Labute approximate surface area is 163 Å². The zero-order valence-corrected chi connectivity index (χ0v) is 16.1. The number of rotatable bonds is 5. The van der Waals surface area contributed by atoms with Gasteiger partial charge in [-0.1, -0.05) is 18.0 Å². The zero-order chi connectivity index (χ0) is 19.7. The number of nitrogens with zero attached hydrogens (tertiary/aromatic N) is 3. The molecule has 1 N–H and O–H groups in total. The molecule has 1 saturated carbocycles. The summed E-state index contributed by atoms with van der Waals surface area (Å²) in [5.41, 5.74) is 0.177. The summed E-state index contributed by atoms with van der Waals surface area (Å²) in [7, 11) is 1.60. The second kappa shape index (κ2) is 7.26. The van der Waals surface area contributed by atoms with E-state index in [2.05, 4.69) is 15.5 Å². The number of ether oxygens (including phenoxy) is 1. The molecular formula is C20H24N4O4. The Bertz CT molecular complexity index is 871. The first-order valence-electron chi connectivity index (χ1n) is 9.58. The average Bonchev–Trinajstić information content (AvgIpc) is 3.42. The monoisotopic (exact) mass is 384 g/mol. The molecule has 0 spiro atoms. The molecule has 28 heavy (non-hydrogen) atoms. The highest BCUT2D eigenvalue weighted by Gasteiger charge is 2.44. The molecule has 4 rings (SSSR count). The third-order valence-corrected chi connectivity index (χ3v) is 5.66. The molecule has 1 atom stereocenters. The van der Waals surface area contributed by atoms with Gasteiger partial charge in [0.15, 0.2) is 5.82 Å². The maximum absolute atomic E-state index is 13.0. The number of benzene rings is 1. The smallest absolute Gasteiger partial charge is 0.227 e. The summed E-state index contributed by atoms with van der Waals surface area (Å²) in [6, 6.07) is 7.28. The molecule has 148 valence electrons. The van der Waals surface area contributed by atoms with Gasteiger partial charge in [0.05, 0.1) is 13.0 Å². The van der Waals surface area contributed by atoms with Crippen molar-refractivity contribution in [2.75, 3.05) is 18.6 Å². The Morgan fingerprint density at radius 3 is 2.61 bits per heavy atom. The van der Waals surface area contributed by atoms with Gasteiger partial charge < -0.3 is 19.5 Å². The minimum atomic E-state index is -0.592. The van der Waals surface area contributed by atoms with Crippen LogP contribution < -0.4 is 15.0 Å². The Morgan fingerprint density at radius 1 is 1.29 bits per heavy atom. The van der Waals surface area contributed by atoms with E-state index in [4.69, 9.17) is 9.26 Å². The van der Waals surface area contributed by atoms with E-state index in [0.717, 1.165) is 37.1 Å². The number of anilines is 1. The summed E-state index contributed by atoms with van der Waals surface area (Å²) in [6.45, 7) is 2.10. The number of carbonyl (C=O) groups is 2. The van der Waals surface area contributed by atoms with Crippen LogP contribution in [0.1, 0.15) is 43.8 Å². The molecule has 1 aromatic carbocycles. The molecule has 8 nitrogen and oxygen atoms in total. The highest BCUT2D eigenvalue weighted by Crippen LogP contribution is 2.38. The molecule has 1 aromatic heterocycles. The number of hydrogen-bond donors (Lipinski definition) is 1. The van der Waals surface area contributed by atoms with Crippen LogP contribution in [0.25, 0.3) is 0 Å². The van der Waals surface area contributed by atoms with Gasteiger partial charge in [-0.3, -0.25) is 9.59 Å². The van der Waals surface area contributed by atoms with E-state index >= 15 is 0 Å². The van der Waals surface area contributed by atoms with Crippen LogP contribution in [0.5, 0.6) is 5.75 Å². The lowest BCUT2D eigenvalue weighted by atomic mass is 9.94. The summed E-state index contributed by atoms with van der Waals surface area (Å²) in [6.07, 6.45) is 3.74. The fourth-order valence-corrected chi connectivity index (χ4v) is 4.11. The number of aryl methyl sites for hydroxylation is 1. The van der Waals surface area contributed by atoms with Gasteiger partial charge in [-0.2, -0.15) is 4.98 Å². The number of hydrogen-bond acceptors (Lipinski definition) is 6. The molecule has 2 amide bonds. The molecule has 1 aliphatic heterocycles. The van der Waals surface area contributed by atoms with E-state index in [-0.39, 0.29) is 18.2 Å². The number of carbonyl (C=O) groups excluding carboxylic acids is 2. The lowest BCUT2D eigenvalue weighted by Crippen LogP contribution is -2.47. The van der Waals surface area contributed by atoms with Crippen molar-refractivity contribution in [3.8, 4) is 5.75 Å². The minimum Gasteiger partial charge on any atom is -0.497 e. The van der Waals surface area contributed by atoms with Crippen LogP contribution >= 0.6 is 0 Å². The molecule has 2 aromatic rings. The number of aromatic nitrogens is 2. The van der Waals surface area contributed by atoms with Gasteiger partial charge in [-0.05, 0) is 37.1 Å². The fraction of sp³-hybridized carbons (Fsp3) is 0.500. The molecule has 1 aliphatic carbocycles. The SMILES string of the molecule is COc1ccc(N2CC(C(=O)NC3(c4noc(C)n4)CCCC3)CC2=O)cc1. The Morgan fingerprint density at radius 2 is 2.00 bits per heavy atom. The van der Waals surface area contributed by atoms with Crippen molar-refractivity contribution >= 4 is 17.5 Å². The summed E-state index contributed by atoms with van der Waals surface area (Å²) in [5, 5.41) is 7.21. The molecule has 1 saturated heterocycles. The van der Waals surface area contributed by atoms with E-state index in [1.54, 1.807) is 18.9 Å². The van der Waals surface area contributed by atoms with Gasteiger partial charge in [0.25, 0.3) is 0 Å².